The van der Waals surface area contributed by atoms with Gasteiger partial charge in [0.05, 0.1) is 12.1 Å². The van der Waals surface area contributed by atoms with Crippen molar-refractivity contribution in [3.63, 3.8) is 0 Å². The molecule has 2 rings (SSSR count). The summed E-state index contributed by atoms with van der Waals surface area (Å²) < 4.78 is 41.8. The molecule has 1 N–H and O–H groups in total. The van der Waals surface area contributed by atoms with E-state index in [9.17, 15) is 18.0 Å². The molecular formula is C17H17F3N2O2. The van der Waals surface area contributed by atoms with Crippen LogP contribution in [0.15, 0.2) is 36.4 Å². The summed E-state index contributed by atoms with van der Waals surface area (Å²) in [5.41, 5.74) is 1.27. The maximum absolute atomic E-state index is 12.1. The van der Waals surface area contributed by atoms with E-state index in [4.69, 9.17) is 4.74 Å². The number of carbonyl (C=O) groups is 1. The van der Waals surface area contributed by atoms with Crippen molar-refractivity contribution in [2.75, 3.05) is 13.2 Å². The summed E-state index contributed by atoms with van der Waals surface area (Å²) in [6.07, 6.45) is -1.22. The standard InChI is InChI=1S/C17H17F3N2O2/c1-2-9-24-16-13(7-8-15(23)21-11-17(18,19)20)10-12-5-3-4-6-14(12)22-16/h3-8,10H,2,9,11H2,1H3,(H,21,23)/b8-7+. The fraction of sp³-hybridized carbons (Fsp3) is 0.294. The van der Waals surface area contributed by atoms with Gasteiger partial charge >= 0.3 is 6.18 Å². The normalized spacial score (nSPS) is 11.8. The van der Waals surface area contributed by atoms with Gasteiger partial charge in [-0.1, -0.05) is 25.1 Å². The lowest BCUT2D eigenvalue weighted by Gasteiger charge is -2.09. The zero-order valence-electron chi connectivity index (χ0n) is 13.1. The van der Waals surface area contributed by atoms with E-state index < -0.39 is 18.6 Å². The second kappa shape index (κ2) is 7.81. The highest BCUT2D eigenvalue weighted by Gasteiger charge is 2.27. The summed E-state index contributed by atoms with van der Waals surface area (Å²) in [5, 5.41) is 2.62. The number of aromatic nitrogens is 1. The smallest absolute Gasteiger partial charge is 0.405 e. The number of halogens is 3. The van der Waals surface area contributed by atoms with Crippen molar-refractivity contribution in [3.05, 3.63) is 42.0 Å². The maximum Gasteiger partial charge on any atom is 0.405 e. The van der Waals surface area contributed by atoms with Crippen molar-refractivity contribution in [1.82, 2.24) is 10.3 Å². The van der Waals surface area contributed by atoms with Crippen LogP contribution in [-0.4, -0.2) is 30.2 Å². The predicted molar refractivity (Wildman–Crippen MR) is 85.6 cm³/mol. The summed E-state index contributed by atoms with van der Waals surface area (Å²) in [6, 6.07) is 9.16. The Hall–Kier alpha value is -2.57. The van der Waals surface area contributed by atoms with E-state index in [1.54, 1.807) is 11.4 Å². The van der Waals surface area contributed by atoms with Gasteiger partial charge in [-0.25, -0.2) is 4.98 Å². The van der Waals surface area contributed by atoms with Crippen LogP contribution in [0.4, 0.5) is 13.2 Å². The Morgan fingerprint density at radius 1 is 1.33 bits per heavy atom. The Balaban J connectivity index is 2.21. The molecule has 128 valence electrons. The SMILES string of the molecule is CCCOc1nc2ccccc2cc1/C=C/C(=O)NCC(F)(F)F. The first-order valence-corrected chi connectivity index (χ1v) is 7.44. The number of hydrogen-bond acceptors (Lipinski definition) is 3. The van der Waals surface area contributed by atoms with E-state index in [0.717, 1.165) is 23.4 Å². The lowest BCUT2D eigenvalue weighted by atomic mass is 10.1. The summed E-state index contributed by atoms with van der Waals surface area (Å²) in [7, 11) is 0. The second-order valence-corrected chi connectivity index (χ2v) is 5.09. The molecule has 4 nitrogen and oxygen atoms in total. The number of para-hydroxylation sites is 1. The second-order valence-electron chi connectivity index (χ2n) is 5.09. The van der Waals surface area contributed by atoms with E-state index in [0.29, 0.717) is 18.1 Å². The van der Waals surface area contributed by atoms with Crippen molar-refractivity contribution < 1.29 is 22.7 Å². The van der Waals surface area contributed by atoms with Gasteiger partial charge in [0, 0.05) is 17.0 Å². The average Bonchev–Trinajstić information content (AvgIpc) is 2.55. The number of benzene rings is 1. The minimum absolute atomic E-state index is 0.343. The number of alkyl halides is 3. The van der Waals surface area contributed by atoms with Crippen LogP contribution in [0.5, 0.6) is 5.88 Å². The zero-order chi connectivity index (χ0) is 17.6. The van der Waals surface area contributed by atoms with E-state index in [1.165, 1.54) is 6.08 Å². The van der Waals surface area contributed by atoms with E-state index in [-0.39, 0.29) is 0 Å². The molecule has 0 aliphatic heterocycles. The highest BCUT2D eigenvalue weighted by atomic mass is 19.4. The first kappa shape index (κ1) is 17.8. The van der Waals surface area contributed by atoms with Crippen molar-refractivity contribution in [1.29, 1.82) is 0 Å². The first-order valence-electron chi connectivity index (χ1n) is 7.44. The van der Waals surface area contributed by atoms with Gasteiger partial charge in [0.2, 0.25) is 11.8 Å². The van der Waals surface area contributed by atoms with Gasteiger partial charge in [-0.05, 0) is 24.6 Å². The lowest BCUT2D eigenvalue weighted by Crippen LogP contribution is -2.32. The molecule has 1 aromatic carbocycles. The highest BCUT2D eigenvalue weighted by Crippen LogP contribution is 2.23. The van der Waals surface area contributed by atoms with Crippen LogP contribution in [0.1, 0.15) is 18.9 Å². The third-order valence-corrected chi connectivity index (χ3v) is 3.04. The lowest BCUT2D eigenvalue weighted by molar-refractivity contribution is -0.135. The molecular weight excluding hydrogens is 321 g/mol. The molecule has 1 aromatic heterocycles. The quantitative estimate of drug-likeness (QED) is 0.817. The maximum atomic E-state index is 12.1. The van der Waals surface area contributed by atoms with Gasteiger partial charge < -0.3 is 10.1 Å². The first-order chi connectivity index (χ1) is 11.4. The Bertz CT molecular complexity index is 742. The van der Waals surface area contributed by atoms with Gasteiger partial charge in [-0.15, -0.1) is 0 Å². The molecule has 0 saturated heterocycles. The molecule has 0 aliphatic carbocycles. The minimum atomic E-state index is -4.44. The van der Waals surface area contributed by atoms with E-state index in [1.807, 2.05) is 31.2 Å². The summed E-state index contributed by atoms with van der Waals surface area (Å²) >= 11 is 0. The van der Waals surface area contributed by atoms with Gasteiger partial charge in [0.25, 0.3) is 0 Å². The Morgan fingerprint density at radius 3 is 2.79 bits per heavy atom. The summed E-state index contributed by atoms with van der Waals surface area (Å²) in [6.45, 7) is 1.03. The number of nitrogens with zero attached hydrogens (tertiary/aromatic N) is 1. The highest BCUT2D eigenvalue weighted by molar-refractivity contribution is 5.93. The summed E-state index contributed by atoms with van der Waals surface area (Å²) in [5.74, 6) is -0.489. The molecule has 1 amide bonds. The van der Waals surface area contributed by atoms with Crippen LogP contribution in [0.3, 0.4) is 0 Å². The number of fused-ring (bicyclic) bond motifs is 1. The van der Waals surface area contributed by atoms with Crippen molar-refractivity contribution in [3.8, 4) is 5.88 Å². The van der Waals surface area contributed by atoms with Crippen LogP contribution in [0, 0.1) is 0 Å². The number of hydrogen-bond donors (Lipinski definition) is 1. The molecule has 0 fully saturated rings. The number of ether oxygens (including phenoxy) is 1. The van der Waals surface area contributed by atoms with Crippen molar-refractivity contribution in [2.24, 2.45) is 0 Å². The van der Waals surface area contributed by atoms with Crippen LogP contribution in [-0.2, 0) is 4.79 Å². The number of carbonyl (C=O) groups excluding carboxylic acids is 1. The summed E-state index contributed by atoms with van der Waals surface area (Å²) in [4.78, 5) is 15.9. The zero-order valence-corrected chi connectivity index (χ0v) is 13.1. The molecule has 0 radical (unpaired) electrons. The van der Waals surface area contributed by atoms with E-state index >= 15 is 0 Å². The van der Waals surface area contributed by atoms with E-state index in [2.05, 4.69) is 4.98 Å². The molecule has 7 heteroatoms. The predicted octanol–water partition coefficient (Wildman–Crippen LogP) is 3.72. The molecule has 0 spiro atoms. The molecule has 0 unspecified atom stereocenters. The van der Waals surface area contributed by atoms with Gasteiger partial charge in [-0.2, -0.15) is 13.2 Å². The van der Waals surface area contributed by atoms with Gasteiger partial charge in [0.15, 0.2) is 0 Å². The van der Waals surface area contributed by atoms with Crippen LogP contribution < -0.4 is 10.1 Å². The monoisotopic (exact) mass is 338 g/mol. The fourth-order valence-corrected chi connectivity index (χ4v) is 1.96. The number of amides is 1. The third kappa shape index (κ3) is 5.26. The molecule has 2 aromatic rings. The largest absolute Gasteiger partial charge is 0.477 e. The van der Waals surface area contributed by atoms with Gasteiger partial charge in [-0.3, -0.25) is 4.79 Å². The van der Waals surface area contributed by atoms with Crippen molar-refractivity contribution >= 4 is 22.9 Å². The molecule has 0 aliphatic rings. The average molecular weight is 338 g/mol. The molecule has 1 heterocycles. The molecule has 0 atom stereocenters. The van der Waals surface area contributed by atoms with Crippen molar-refractivity contribution in [2.45, 2.75) is 19.5 Å². The van der Waals surface area contributed by atoms with Gasteiger partial charge in [0.1, 0.15) is 6.54 Å². The molecule has 0 saturated carbocycles. The van der Waals surface area contributed by atoms with Crippen LogP contribution in [0.2, 0.25) is 0 Å². The Kier molecular flexibility index (Phi) is 5.78. The topological polar surface area (TPSA) is 51.2 Å². The molecule has 24 heavy (non-hydrogen) atoms. The Labute approximate surface area is 137 Å². The number of nitrogens with one attached hydrogen (secondary N) is 1. The van der Waals surface area contributed by atoms with Crippen LogP contribution >= 0.6 is 0 Å². The Morgan fingerprint density at radius 2 is 2.08 bits per heavy atom. The number of rotatable bonds is 6. The van der Waals surface area contributed by atoms with Crippen LogP contribution in [0.25, 0.3) is 17.0 Å². The molecule has 0 bridgehead atoms. The third-order valence-electron chi connectivity index (χ3n) is 3.04. The fourth-order valence-electron chi connectivity index (χ4n) is 1.96. The number of pyridine rings is 1. The minimum Gasteiger partial charge on any atom is -0.477 e.